The molecule has 6 aromatic carbocycles. The molecule has 9 rings (SSSR count). The third-order valence-electron chi connectivity index (χ3n) is 10.3. The molecular formula is C54H44IrN4-2. The molecule has 0 amide bonds. The first-order valence-corrected chi connectivity index (χ1v) is 19.6. The Morgan fingerprint density at radius 3 is 1.88 bits per heavy atom. The molecule has 4 nitrogen and oxygen atoms in total. The Balaban J connectivity index is 0.000000321. The van der Waals surface area contributed by atoms with Gasteiger partial charge >= 0.3 is 0 Å². The van der Waals surface area contributed by atoms with Crippen LogP contribution >= 0.6 is 0 Å². The predicted molar refractivity (Wildman–Crippen MR) is 240 cm³/mol. The summed E-state index contributed by atoms with van der Waals surface area (Å²) in [7, 11) is 0. The summed E-state index contributed by atoms with van der Waals surface area (Å²) in [5.41, 5.74) is 16.3. The van der Waals surface area contributed by atoms with Crippen molar-refractivity contribution in [1.29, 1.82) is 0 Å². The number of aryl methyl sites for hydroxylation is 2. The molecule has 9 aromatic rings. The first kappa shape index (κ1) is 40.8. The Hall–Kier alpha value is -6.39. The SMILES string of the molecule is Cc1ccc(-c2ccccc2)cc1-c1ccc(-c2cc[c-]c(-c3cc(C(C)(C)C)ccn3)c2)c2nc(-c3ccccc3)ncc12.Cc1ccnc(-c2[c-]cccc2)c1.[Ir]. The molecule has 0 aliphatic heterocycles. The molecule has 59 heavy (non-hydrogen) atoms. The molecule has 0 saturated carbocycles. The van der Waals surface area contributed by atoms with Gasteiger partial charge in [0.2, 0.25) is 0 Å². The van der Waals surface area contributed by atoms with E-state index in [9.17, 15) is 0 Å². The quantitative estimate of drug-likeness (QED) is 0.156. The van der Waals surface area contributed by atoms with Crippen LogP contribution in [0.4, 0.5) is 0 Å². The second kappa shape index (κ2) is 18.0. The molecule has 0 aliphatic carbocycles. The maximum atomic E-state index is 5.23. The summed E-state index contributed by atoms with van der Waals surface area (Å²) in [5.74, 6) is 0.707. The van der Waals surface area contributed by atoms with E-state index in [1.54, 1.807) is 0 Å². The summed E-state index contributed by atoms with van der Waals surface area (Å²) in [5, 5.41) is 1.02. The molecule has 0 saturated heterocycles. The van der Waals surface area contributed by atoms with E-state index in [0.29, 0.717) is 5.82 Å². The zero-order valence-corrected chi connectivity index (χ0v) is 36.3. The Labute approximate surface area is 361 Å². The third-order valence-corrected chi connectivity index (χ3v) is 10.3. The van der Waals surface area contributed by atoms with Gasteiger partial charge in [-0.15, -0.1) is 65.7 Å². The van der Waals surface area contributed by atoms with Crippen LogP contribution < -0.4 is 0 Å². The molecule has 0 fully saturated rings. The number of hydrogen-bond donors (Lipinski definition) is 0. The van der Waals surface area contributed by atoms with Crippen molar-refractivity contribution >= 4 is 10.9 Å². The van der Waals surface area contributed by atoms with E-state index in [1.165, 1.54) is 33.4 Å². The van der Waals surface area contributed by atoms with Crippen LogP contribution in [0.25, 0.3) is 78.2 Å². The Bertz CT molecular complexity index is 2830. The number of aromatic nitrogens is 4. The van der Waals surface area contributed by atoms with Gasteiger partial charge in [-0.3, -0.25) is 0 Å². The van der Waals surface area contributed by atoms with Crippen LogP contribution in [-0.4, -0.2) is 19.9 Å². The minimum Gasteiger partial charge on any atom is -0.305 e. The molecule has 0 N–H and O–H groups in total. The van der Waals surface area contributed by atoms with E-state index in [1.807, 2.05) is 73.2 Å². The minimum atomic E-state index is 0. The molecule has 3 aromatic heterocycles. The fraction of sp³-hybridized carbons (Fsp3) is 0.111. The number of rotatable bonds is 6. The molecule has 0 spiro atoms. The average molecular weight is 941 g/mol. The third kappa shape index (κ3) is 9.34. The molecule has 5 heteroatoms. The van der Waals surface area contributed by atoms with Gasteiger partial charge in [0.25, 0.3) is 0 Å². The fourth-order valence-corrected chi connectivity index (χ4v) is 7.10. The standard InChI is InChI=1S/C42H34N3.C12H10N.Ir/c1-28-18-19-31(29-12-7-5-8-13-29)25-37(28)36-21-20-35(40-38(36)27-44-41(45-40)30-14-9-6-10-15-30)32-16-11-17-33(24-32)39-26-34(22-23-43-39)42(2,3)4;1-10-7-8-13-12(9-10)11-5-3-2-4-6-11;/h5-16,18-27H,1-4H3;2-5,7-9H,1H3;/q2*-1;. The second-order valence-electron chi connectivity index (χ2n) is 15.5. The van der Waals surface area contributed by atoms with E-state index in [-0.39, 0.29) is 25.5 Å². The van der Waals surface area contributed by atoms with Gasteiger partial charge in [0.1, 0.15) is 0 Å². The van der Waals surface area contributed by atoms with Crippen LogP contribution in [0.2, 0.25) is 0 Å². The van der Waals surface area contributed by atoms with Crippen molar-refractivity contribution in [3.8, 4) is 67.3 Å². The molecule has 0 unspecified atom stereocenters. The van der Waals surface area contributed by atoms with Crippen LogP contribution in [0, 0.1) is 26.0 Å². The van der Waals surface area contributed by atoms with Crippen LogP contribution in [-0.2, 0) is 25.5 Å². The molecule has 3 heterocycles. The molecule has 0 aliphatic rings. The van der Waals surface area contributed by atoms with Crippen molar-refractivity contribution in [3.05, 3.63) is 205 Å². The van der Waals surface area contributed by atoms with Crippen molar-refractivity contribution in [1.82, 2.24) is 19.9 Å². The summed E-state index contributed by atoms with van der Waals surface area (Å²) in [6.07, 6.45) is 5.71. The maximum absolute atomic E-state index is 5.23. The van der Waals surface area contributed by atoms with Gasteiger partial charge in [0.05, 0.1) is 5.52 Å². The summed E-state index contributed by atoms with van der Waals surface area (Å²) >= 11 is 0. The smallest absolute Gasteiger partial charge is 0.159 e. The zero-order chi connectivity index (χ0) is 40.1. The van der Waals surface area contributed by atoms with Crippen LogP contribution in [0.15, 0.2) is 176 Å². The number of fused-ring (bicyclic) bond motifs is 1. The van der Waals surface area contributed by atoms with Gasteiger partial charge in [0, 0.05) is 49.6 Å². The van der Waals surface area contributed by atoms with Gasteiger partial charge in [0.15, 0.2) is 5.82 Å². The predicted octanol–water partition coefficient (Wildman–Crippen LogP) is 13.6. The number of pyridine rings is 2. The van der Waals surface area contributed by atoms with E-state index < -0.39 is 0 Å². The number of hydrogen-bond acceptors (Lipinski definition) is 4. The van der Waals surface area contributed by atoms with Gasteiger partial charge in [-0.25, -0.2) is 9.97 Å². The molecule has 0 atom stereocenters. The average Bonchev–Trinajstić information content (AvgIpc) is 3.27. The monoisotopic (exact) mass is 941 g/mol. The number of nitrogens with zero attached hydrogens (tertiary/aromatic N) is 4. The Morgan fingerprint density at radius 1 is 0.492 bits per heavy atom. The molecule has 1 radical (unpaired) electrons. The Morgan fingerprint density at radius 2 is 1.17 bits per heavy atom. The Kier molecular flexibility index (Phi) is 12.5. The topological polar surface area (TPSA) is 51.6 Å². The second-order valence-corrected chi connectivity index (χ2v) is 15.5. The summed E-state index contributed by atoms with van der Waals surface area (Å²) in [4.78, 5) is 19.1. The van der Waals surface area contributed by atoms with Crippen LogP contribution in [0.3, 0.4) is 0 Å². The van der Waals surface area contributed by atoms with Crippen molar-refractivity contribution in [2.75, 3.05) is 0 Å². The van der Waals surface area contributed by atoms with Crippen molar-refractivity contribution in [2.24, 2.45) is 0 Å². The normalized spacial score (nSPS) is 11.0. The molecule has 291 valence electrons. The van der Waals surface area contributed by atoms with Crippen LogP contribution in [0.5, 0.6) is 0 Å². The first-order valence-electron chi connectivity index (χ1n) is 19.6. The minimum absolute atomic E-state index is 0. The van der Waals surface area contributed by atoms with E-state index in [4.69, 9.17) is 15.0 Å². The largest absolute Gasteiger partial charge is 0.305 e. The van der Waals surface area contributed by atoms with E-state index in [0.717, 1.165) is 55.7 Å². The molecule has 0 bridgehead atoms. The maximum Gasteiger partial charge on any atom is 0.159 e. The summed E-state index contributed by atoms with van der Waals surface area (Å²) < 4.78 is 0. The van der Waals surface area contributed by atoms with Gasteiger partial charge in [-0.1, -0.05) is 129 Å². The van der Waals surface area contributed by atoms with E-state index >= 15 is 0 Å². The summed E-state index contributed by atoms with van der Waals surface area (Å²) in [6.45, 7) is 10.9. The zero-order valence-electron chi connectivity index (χ0n) is 33.9. The number of benzene rings is 6. The van der Waals surface area contributed by atoms with Crippen molar-refractivity contribution in [3.63, 3.8) is 0 Å². The fourth-order valence-electron chi connectivity index (χ4n) is 7.10. The van der Waals surface area contributed by atoms with Crippen LogP contribution in [0.1, 0.15) is 37.5 Å². The van der Waals surface area contributed by atoms with Gasteiger partial charge in [-0.2, -0.15) is 0 Å². The summed E-state index contributed by atoms with van der Waals surface area (Å²) in [6, 6.07) is 60.8. The van der Waals surface area contributed by atoms with Crippen molar-refractivity contribution in [2.45, 2.75) is 40.0 Å². The molecular weight excluding hydrogens is 897 g/mol. The van der Waals surface area contributed by atoms with Crippen molar-refractivity contribution < 1.29 is 20.1 Å². The first-order chi connectivity index (χ1) is 28.2. The van der Waals surface area contributed by atoms with E-state index in [2.05, 4.69) is 155 Å². The van der Waals surface area contributed by atoms with Gasteiger partial charge < -0.3 is 9.97 Å². The van der Waals surface area contributed by atoms with Gasteiger partial charge in [-0.05, 0) is 87.8 Å².